The first-order chi connectivity index (χ1) is 14.4. The smallest absolute Gasteiger partial charge is 0.312 e. The van der Waals surface area contributed by atoms with Crippen LogP contribution in [0.25, 0.3) is 0 Å². The van der Waals surface area contributed by atoms with Crippen LogP contribution in [0.1, 0.15) is 16.8 Å². The molecule has 0 saturated carbocycles. The summed E-state index contributed by atoms with van der Waals surface area (Å²) in [5.41, 5.74) is -2.89. The van der Waals surface area contributed by atoms with Gasteiger partial charge in [0.1, 0.15) is 5.69 Å². The molecule has 4 N–H and O–H groups in total. The molecule has 174 valence electrons. The normalized spacial score (nSPS) is 12.3. The van der Waals surface area contributed by atoms with Gasteiger partial charge in [-0.15, -0.1) is 11.6 Å². The molecule has 0 heterocycles. The monoisotopic (exact) mass is 484 g/mol. The molecule has 31 heavy (non-hydrogen) atoms. The number of halogens is 1. The zero-order chi connectivity index (χ0) is 23.8. The summed E-state index contributed by atoms with van der Waals surface area (Å²) in [6, 6.07) is 1.92. The van der Waals surface area contributed by atoms with Gasteiger partial charge in [0.15, 0.2) is 5.56 Å². The van der Waals surface area contributed by atoms with Gasteiger partial charge in [-0.05, 0) is 12.5 Å². The average Bonchev–Trinajstić information content (AvgIpc) is 2.68. The predicted octanol–water partition coefficient (Wildman–Crippen LogP) is -0.0909. The lowest BCUT2D eigenvalue weighted by Gasteiger charge is -2.24. The van der Waals surface area contributed by atoms with Gasteiger partial charge >= 0.3 is 5.69 Å². The van der Waals surface area contributed by atoms with Crippen molar-refractivity contribution in [3.63, 3.8) is 0 Å². The van der Waals surface area contributed by atoms with Crippen LogP contribution < -0.4 is 10.2 Å². The molecule has 1 unspecified atom stereocenters. The van der Waals surface area contributed by atoms with Crippen LogP contribution >= 0.6 is 11.6 Å². The van der Waals surface area contributed by atoms with E-state index in [0.717, 1.165) is 12.1 Å². The van der Waals surface area contributed by atoms with Crippen LogP contribution in [0.3, 0.4) is 0 Å². The SMILES string of the molecule is O=C(NCC(O)CO)c1c([N+](=O)[O-])ccc(N(CCCl)CCCS(=O)(=O)O)c1[N+](=O)[O-]. The van der Waals surface area contributed by atoms with Crippen molar-refractivity contribution >= 4 is 44.7 Å². The number of aliphatic hydroxyl groups is 2. The van der Waals surface area contributed by atoms with Gasteiger partial charge in [0.05, 0.1) is 28.3 Å². The number of hydrogen-bond donors (Lipinski definition) is 4. The Morgan fingerprint density at radius 1 is 1.23 bits per heavy atom. The lowest BCUT2D eigenvalue weighted by atomic mass is 10.1. The first-order valence-electron chi connectivity index (χ1n) is 8.71. The van der Waals surface area contributed by atoms with Crippen molar-refractivity contribution in [2.75, 3.05) is 42.8 Å². The minimum absolute atomic E-state index is 0.0318. The quantitative estimate of drug-likeness (QED) is 0.125. The maximum absolute atomic E-state index is 12.5. The highest BCUT2D eigenvalue weighted by atomic mass is 35.5. The number of carbonyl (C=O) groups is 1. The van der Waals surface area contributed by atoms with Crippen molar-refractivity contribution < 1.29 is 37.8 Å². The minimum atomic E-state index is -4.29. The Bertz CT molecular complexity index is 927. The molecular weight excluding hydrogens is 464 g/mol. The van der Waals surface area contributed by atoms with Gasteiger partial charge in [0.2, 0.25) is 0 Å². The van der Waals surface area contributed by atoms with E-state index in [1.54, 1.807) is 0 Å². The van der Waals surface area contributed by atoms with Crippen molar-refractivity contribution in [1.29, 1.82) is 0 Å². The van der Waals surface area contributed by atoms with E-state index in [1.807, 2.05) is 0 Å². The van der Waals surface area contributed by atoms with Crippen LogP contribution in [0, 0.1) is 20.2 Å². The fourth-order valence-electron chi connectivity index (χ4n) is 2.64. The number of anilines is 1. The van der Waals surface area contributed by atoms with Gasteiger partial charge in [-0.3, -0.25) is 29.6 Å². The third-order valence-electron chi connectivity index (χ3n) is 3.98. The van der Waals surface area contributed by atoms with Crippen molar-refractivity contribution in [2.45, 2.75) is 12.5 Å². The van der Waals surface area contributed by atoms with E-state index in [4.69, 9.17) is 21.3 Å². The summed E-state index contributed by atoms with van der Waals surface area (Å²) in [4.78, 5) is 34.9. The highest BCUT2D eigenvalue weighted by molar-refractivity contribution is 7.85. The Hall–Kier alpha value is -2.59. The molecule has 1 amide bonds. The Morgan fingerprint density at radius 2 is 1.87 bits per heavy atom. The number of nitrogens with zero attached hydrogens (tertiary/aromatic N) is 3. The first kappa shape index (κ1) is 26.4. The molecule has 0 radical (unpaired) electrons. The summed E-state index contributed by atoms with van der Waals surface area (Å²) < 4.78 is 30.7. The lowest BCUT2D eigenvalue weighted by molar-refractivity contribution is -0.394. The van der Waals surface area contributed by atoms with E-state index in [9.17, 15) is 38.5 Å². The molecule has 1 rings (SSSR count). The van der Waals surface area contributed by atoms with Crippen LogP contribution in [0.5, 0.6) is 0 Å². The third kappa shape index (κ3) is 7.87. The summed E-state index contributed by atoms with van der Waals surface area (Å²) in [6.45, 7) is -1.40. The van der Waals surface area contributed by atoms with Gasteiger partial charge in [0, 0.05) is 31.6 Å². The number of amides is 1. The average molecular weight is 485 g/mol. The van der Waals surface area contributed by atoms with Crippen LogP contribution in [0.2, 0.25) is 0 Å². The first-order valence-corrected chi connectivity index (χ1v) is 10.9. The predicted molar refractivity (Wildman–Crippen MR) is 109 cm³/mol. The summed E-state index contributed by atoms with van der Waals surface area (Å²) in [6.07, 6.45) is -1.54. The van der Waals surface area contributed by atoms with E-state index in [-0.39, 0.29) is 31.1 Å². The molecule has 0 saturated heterocycles. The fourth-order valence-corrected chi connectivity index (χ4v) is 3.34. The molecule has 0 aliphatic carbocycles. The highest BCUT2D eigenvalue weighted by Crippen LogP contribution is 2.37. The summed E-state index contributed by atoms with van der Waals surface area (Å²) in [5.74, 6) is -1.92. The number of rotatable bonds is 13. The van der Waals surface area contributed by atoms with Gasteiger partial charge in [-0.1, -0.05) is 0 Å². The van der Waals surface area contributed by atoms with Gasteiger partial charge < -0.3 is 20.4 Å². The Morgan fingerprint density at radius 3 is 2.35 bits per heavy atom. The molecule has 0 spiro atoms. The number of nitrogens with one attached hydrogen (secondary N) is 1. The number of nitro benzene ring substituents is 2. The number of aliphatic hydroxyl groups excluding tert-OH is 2. The fraction of sp³-hybridized carbons (Fsp3) is 0.533. The topological polar surface area (TPSA) is 213 Å². The van der Waals surface area contributed by atoms with Crippen LogP contribution in [-0.2, 0) is 10.1 Å². The van der Waals surface area contributed by atoms with E-state index in [2.05, 4.69) is 5.32 Å². The Balaban J connectivity index is 3.50. The maximum Gasteiger partial charge on any atom is 0.312 e. The van der Waals surface area contributed by atoms with Crippen molar-refractivity contribution in [2.24, 2.45) is 0 Å². The second-order valence-corrected chi connectivity index (χ2v) is 8.15. The molecule has 0 aliphatic heterocycles. The second kappa shape index (κ2) is 11.7. The molecule has 1 aromatic rings. The van der Waals surface area contributed by atoms with Crippen molar-refractivity contribution in [1.82, 2.24) is 5.32 Å². The second-order valence-electron chi connectivity index (χ2n) is 6.20. The number of nitro groups is 2. The Kier molecular flexibility index (Phi) is 9.99. The summed E-state index contributed by atoms with van der Waals surface area (Å²) >= 11 is 5.71. The number of benzene rings is 1. The molecule has 0 bridgehead atoms. The molecule has 1 aromatic carbocycles. The van der Waals surface area contributed by atoms with Gasteiger partial charge in [-0.2, -0.15) is 8.42 Å². The van der Waals surface area contributed by atoms with Crippen LogP contribution in [-0.4, -0.2) is 82.9 Å². The molecule has 0 aliphatic rings. The zero-order valence-electron chi connectivity index (χ0n) is 16.0. The number of hydrogen-bond acceptors (Lipinski definition) is 10. The molecule has 16 heteroatoms. The maximum atomic E-state index is 12.5. The van der Waals surface area contributed by atoms with Gasteiger partial charge in [-0.25, -0.2) is 0 Å². The zero-order valence-corrected chi connectivity index (χ0v) is 17.6. The lowest BCUT2D eigenvalue weighted by Crippen LogP contribution is -2.35. The van der Waals surface area contributed by atoms with E-state index in [1.165, 1.54) is 4.90 Å². The molecule has 0 fully saturated rings. The largest absolute Gasteiger partial charge is 0.394 e. The Labute approximate surface area is 181 Å². The molecular formula is C15H21ClN4O10S. The van der Waals surface area contributed by atoms with Crippen LogP contribution in [0.4, 0.5) is 17.1 Å². The number of carbonyl (C=O) groups excluding carboxylic acids is 1. The minimum Gasteiger partial charge on any atom is -0.394 e. The van der Waals surface area contributed by atoms with E-state index >= 15 is 0 Å². The highest BCUT2D eigenvalue weighted by Gasteiger charge is 2.35. The summed E-state index contributed by atoms with van der Waals surface area (Å²) in [7, 11) is -4.29. The van der Waals surface area contributed by atoms with Crippen molar-refractivity contribution in [3.05, 3.63) is 37.9 Å². The summed E-state index contributed by atoms with van der Waals surface area (Å²) in [5, 5.41) is 43.4. The van der Waals surface area contributed by atoms with Gasteiger partial charge in [0.25, 0.3) is 21.7 Å². The van der Waals surface area contributed by atoms with Crippen LogP contribution in [0.15, 0.2) is 12.1 Å². The number of alkyl halides is 1. The van der Waals surface area contributed by atoms with E-state index < -0.39 is 67.8 Å². The van der Waals surface area contributed by atoms with Crippen molar-refractivity contribution in [3.8, 4) is 0 Å². The standard InChI is InChI=1S/C15H21ClN4O10S/c16-4-6-18(5-1-7-31(28,29)30)12-3-2-11(19(24)25)13(14(12)20(26)27)15(23)17-8-10(22)9-21/h2-3,10,21-22H,1,4-9H2,(H,17,23)(H,28,29,30). The van der Waals surface area contributed by atoms with E-state index in [0.29, 0.717) is 0 Å². The molecule has 0 aromatic heterocycles. The molecule has 14 nitrogen and oxygen atoms in total. The molecule has 1 atom stereocenters. The third-order valence-corrected chi connectivity index (χ3v) is 4.95.